The number of hydrogen-bond donors (Lipinski definition) is 0. The van der Waals surface area contributed by atoms with Gasteiger partial charge in [-0.15, -0.1) is 0 Å². The maximum absolute atomic E-state index is 12.1. The summed E-state index contributed by atoms with van der Waals surface area (Å²) in [6.07, 6.45) is 2.61. The monoisotopic (exact) mass is 291 g/mol. The molecule has 0 bridgehead atoms. The largest absolute Gasteiger partial charge is 0.365 e. The molecule has 1 aliphatic heterocycles. The number of aldehydes is 1. The number of non-ortho nitro benzene ring substituents is 1. The summed E-state index contributed by atoms with van der Waals surface area (Å²) in [7, 11) is 1.70. The van der Waals surface area contributed by atoms with Crippen LogP contribution in [-0.4, -0.2) is 48.7 Å². The minimum Gasteiger partial charge on any atom is -0.365 e. The molecule has 0 aromatic heterocycles. The maximum atomic E-state index is 12.1. The minimum atomic E-state index is -0.549. The first-order valence-electron chi connectivity index (χ1n) is 6.75. The predicted octanol–water partition coefficient (Wildman–Crippen LogP) is 1.47. The summed E-state index contributed by atoms with van der Waals surface area (Å²) in [5.41, 5.74) is 0.587. The quantitative estimate of drug-likeness (QED) is 0.466. The third-order valence-electron chi connectivity index (χ3n) is 3.59. The van der Waals surface area contributed by atoms with E-state index in [0.29, 0.717) is 12.0 Å². The van der Waals surface area contributed by atoms with Crippen molar-refractivity contribution in [3.63, 3.8) is 0 Å². The lowest BCUT2D eigenvalue weighted by Crippen LogP contribution is -2.37. The van der Waals surface area contributed by atoms with E-state index in [1.807, 2.05) is 0 Å². The highest BCUT2D eigenvalue weighted by atomic mass is 16.6. The number of anilines is 1. The average Bonchev–Trinajstić information content (AvgIpc) is 3.00. The highest BCUT2D eigenvalue weighted by Gasteiger charge is 2.21. The molecule has 1 fully saturated rings. The molecule has 0 radical (unpaired) electrons. The van der Waals surface area contributed by atoms with Gasteiger partial charge in [-0.25, -0.2) is 0 Å². The molecule has 0 atom stereocenters. The van der Waals surface area contributed by atoms with Crippen molar-refractivity contribution in [2.75, 3.05) is 31.6 Å². The van der Waals surface area contributed by atoms with Gasteiger partial charge in [-0.1, -0.05) is 0 Å². The van der Waals surface area contributed by atoms with Gasteiger partial charge in [0.15, 0.2) is 6.29 Å². The van der Waals surface area contributed by atoms with E-state index < -0.39 is 4.92 Å². The highest BCUT2D eigenvalue weighted by molar-refractivity contribution is 5.88. The highest BCUT2D eigenvalue weighted by Crippen LogP contribution is 2.23. The van der Waals surface area contributed by atoms with Gasteiger partial charge in [0.25, 0.3) is 5.69 Å². The van der Waals surface area contributed by atoms with E-state index in [2.05, 4.69) is 0 Å². The SMILES string of the molecule is CN(CC(=O)N1CCCC1)c1ccc([N+](=O)[O-])cc1C=O. The lowest BCUT2D eigenvalue weighted by atomic mass is 10.1. The van der Waals surface area contributed by atoms with Gasteiger partial charge in [0, 0.05) is 43.5 Å². The maximum Gasteiger partial charge on any atom is 0.270 e. The number of hydrogen-bond acceptors (Lipinski definition) is 5. The van der Waals surface area contributed by atoms with Crippen LogP contribution in [0.5, 0.6) is 0 Å². The number of rotatable bonds is 5. The van der Waals surface area contributed by atoms with E-state index in [0.717, 1.165) is 25.9 Å². The summed E-state index contributed by atoms with van der Waals surface area (Å²) >= 11 is 0. The van der Waals surface area contributed by atoms with Gasteiger partial charge in [-0.3, -0.25) is 19.7 Å². The molecule has 0 unspecified atom stereocenters. The molecule has 1 aromatic carbocycles. The molecular formula is C14H17N3O4. The number of carbonyl (C=O) groups is 2. The van der Waals surface area contributed by atoms with Crippen LogP contribution in [-0.2, 0) is 4.79 Å². The Hall–Kier alpha value is -2.44. The van der Waals surface area contributed by atoms with Crippen LogP contribution in [0.1, 0.15) is 23.2 Å². The fraction of sp³-hybridized carbons (Fsp3) is 0.429. The molecule has 2 rings (SSSR count). The summed E-state index contributed by atoms with van der Waals surface area (Å²) in [5, 5.41) is 10.7. The van der Waals surface area contributed by atoms with Crippen molar-refractivity contribution in [2.45, 2.75) is 12.8 Å². The lowest BCUT2D eigenvalue weighted by molar-refractivity contribution is -0.384. The number of likely N-dealkylation sites (tertiary alicyclic amines) is 1. The molecule has 7 nitrogen and oxygen atoms in total. The van der Waals surface area contributed by atoms with Crippen molar-refractivity contribution >= 4 is 23.6 Å². The molecule has 1 heterocycles. The van der Waals surface area contributed by atoms with Crippen molar-refractivity contribution in [3.05, 3.63) is 33.9 Å². The fourth-order valence-electron chi connectivity index (χ4n) is 2.45. The second-order valence-corrected chi connectivity index (χ2v) is 5.06. The zero-order valence-electron chi connectivity index (χ0n) is 11.8. The van der Waals surface area contributed by atoms with E-state index in [4.69, 9.17) is 0 Å². The molecule has 1 amide bonds. The van der Waals surface area contributed by atoms with Crippen LogP contribution in [0.15, 0.2) is 18.2 Å². The number of nitro benzene ring substituents is 1. The topological polar surface area (TPSA) is 83.8 Å². The molecule has 1 aliphatic rings. The Morgan fingerprint density at radius 3 is 2.67 bits per heavy atom. The number of amides is 1. The molecule has 1 aromatic rings. The van der Waals surface area contributed by atoms with Crippen molar-refractivity contribution in [1.82, 2.24) is 4.90 Å². The molecule has 112 valence electrons. The Bertz CT molecular complexity index is 567. The zero-order valence-corrected chi connectivity index (χ0v) is 11.8. The van der Waals surface area contributed by atoms with Crippen LogP contribution in [0.4, 0.5) is 11.4 Å². The normalized spacial score (nSPS) is 14.0. The zero-order chi connectivity index (χ0) is 15.4. The molecule has 0 aliphatic carbocycles. The molecule has 0 spiro atoms. The Morgan fingerprint density at radius 2 is 2.10 bits per heavy atom. The summed E-state index contributed by atoms with van der Waals surface area (Å²) in [5.74, 6) is 0.00482. The van der Waals surface area contributed by atoms with Gasteiger partial charge >= 0.3 is 0 Å². The van der Waals surface area contributed by atoms with Gasteiger partial charge in [0.1, 0.15) is 0 Å². The Kier molecular flexibility index (Phi) is 4.52. The molecule has 7 heteroatoms. The summed E-state index contributed by atoms with van der Waals surface area (Å²) < 4.78 is 0. The first kappa shape index (κ1) is 15.0. The van der Waals surface area contributed by atoms with Gasteiger partial charge in [-0.05, 0) is 18.9 Å². The van der Waals surface area contributed by atoms with Crippen molar-refractivity contribution in [2.24, 2.45) is 0 Å². The van der Waals surface area contributed by atoms with Crippen molar-refractivity contribution in [1.29, 1.82) is 0 Å². The van der Waals surface area contributed by atoms with Gasteiger partial charge < -0.3 is 9.80 Å². The summed E-state index contributed by atoms with van der Waals surface area (Å²) in [6.45, 7) is 1.69. The van der Waals surface area contributed by atoms with E-state index in [1.165, 1.54) is 18.2 Å². The van der Waals surface area contributed by atoms with E-state index in [9.17, 15) is 19.7 Å². The second kappa shape index (κ2) is 6.34. The van der Waals surface area contributed by atoms with Crippen LogP contribution in [0.2, 0.25) is 0 Å². The third-order valence-corrected chi connectivity index (χ3v) is 3.59. The Labute approximate surface area is 122 Å². The number of nitrogens with zero attached hydrogens (tertiary/aromatic N) is 3. The van der Waals surface area contributed by atoms with Crippen LogP contribution >= 0.6 is 0 Å². The third kappa shape index (κ3) is 3.36. The van der Waals surface area contributed by atoms with E-state index in [-0.39, 0.29) is 23.7 Å². The number of likely N-dealkylation sites (N-methyl/N-ethyl adjacent to an activating group) is 1. The smallest absolute Gasteiger partial charge is 0.270 e. The number of benzene rings is 1. The molecule has 1 saturated heterocycles. The summed E-state index contributed by atoms with van der Waals surface area (Å²) in [6, 6.07) is 4.05. The molecule has 0 N–H and O–H groups in total. The van der Waals surface area contributed by atoms with Crippen LogP contribution in [0.25, 0.3) is 0 Å². The average molecular weight is 291 g/mol. The fourth-order valence-corrected chi connectivity index (χ4v) is 2.45. The van der Waals surface area contributed by atoms with Gasteiger partial charge in [0.2, 0.25) is 5.91 Å². The summed E-state index contributed by atoms with van der Waals surface area (Å²) in [4.78, 5) is 36.8. The molecular weight excluding hydrogens is 274 g/mol. The first-order valence-corrected chi connectivity index (χ1v) is 6.75. The van der Waals surface area contributed by atoms with E-state index >= 15 is 0 Å². The van der Waals surface area contributed by atoms with Crippen molar-refractivity contribution in [3.8, 4) is 0 Å². The van der Waals surface area contributed by atoms with Crippen LogP contribution < -0.4 is 4.90 Å². The number of carbonyl (C=O) groups excluding carboxylic acids is 2. The van der Waals surface area contributed by atoms with E-state index in [1.54, 1.807) is 16.8 Å². The molecule has 0 saturated carbocycles. The van der Waals surface area contributed by atoms with Crippen LogP contribution in [0.3, 0.4) is 0 Å². The standard InChI is InChI=1S/C14H17N3O4/c1-15(9-14(19)16-6-2-3-7-16)13-5-4-12(17(20)21)8-11(13)10-18/h4-5,8,10H,2-3,6-7,9H2,1H3. The lowest BCUT2D eigenvalue weighted by Gasteiger charge is -2.23. The second-order valence-electron chi connectivity index (χ2n) is 5.06. The van der Waals surface area contributed by atoms with Gasteiger partial charge in [-0.2, -0.15) is 0 Å². The molecule has 21 heavy (non-hydrogen) atoms. The van der Waals surface area contributed by atoms with Crippen molar-refractivity contribution < 1.29 is 14.5 Å². The minimum absolute atomic E-state index is 0.00482. The Morgan fingerprint density at radius 1 is 1.43 bits per heavy atom. The Balaban J connectivity index is 2.14. The predicted molar refractivity (Wildman–Crippen MR) is 77.6 cm³/mol. The first-order chi connectivity index (χ1) is 10.0. The number of nitro groups is 1. The van der Waals surface area contributed by atoms with Crippen LogP contribution in [0, 0.1) is 10.1 Å². The van der Waals surface area contributed by atoms with Gasteiger partial charge in [0.05, 0.1) is 11.5 Å².